The summed E-state index contributed by atoms with van der Waals surface area (Å²) >= 11 is 0. The van der Waals surface area contributed by atoms with Crippen molar-refractivity contribution in [2.45, 2.75) is 0 Å². The number of para-hydroxylation sites is 2. The first-order valence-electron chi connectivity index (χ1n) is 8.19. The quantitative estimate of drug-likeness (QED) is 0.452. The largest absolute Gasteiger partial charge is 0.452 e. The molecule has 4 rings (SSSR count). The summed E-state index contributed by atoms with van der Waals surface area (Å²) in [6, 6.07) is 21.7. The van der Waals surface area contributed by atoms with Crippen molar-refractivity contribution >= 4 is 39.4 Å². The Morgan fingerprint density at radius 2 is 1.35 bits per heavy atom. The molecular weight excluding hydrogens is 328 g/mol. The molecule has 0 saturated heterocycles. The molecule has 3 aromatic carbocycles. The van der Waals surface area contributed by atoms with Gasteiger partial charge in [0.15, 0.2) is 6.61 Å². The number of nitrogen functional groups attached to an aromatic ring is 1. The van der Waals surface area contributed by atoms with Gasteiger partial charge in [-0.2, -0.15) is 0 Å². The third kappa shape index (κ3) is 2.69. The number of nitrogens with zero attached hydrogens (tertiary/aromatic N) is 1. The molecule has 0 aliphatic heterocycles. The minimum atomic E-state index is -0.556. The van der Waals surface area contributed by atoms with Gasteiger partial charge in [0.05, 0.1) is 16.6 Å². The van der Waals surface area contributed by atoms with E-state index in [4.69, 9.17) is 10.5 Å². The van der Waals surface area contributed by atoms with Gasteiger partial charge in [0.1, 0.15) is 0 Å². The lowest BCUT2D eigenvalue weighted by atomic mass is 10.2. The average Bonchev–Trinajstić information content (AvgIpc) is 3.01. The number of esters is 1. The highest BCUT2D eigenvalue weighted by Crippen LogP contribution is 2.28. The third-order valence-electron chi connectivity index (χ3n) is 4.30. The number of anilines is 1. The number of carbonyl (C=O) groups excluding carboxylic acids is 2. The molecule has 1 aromatic heterocycles. The number of ether oxygens (including phenoxy) is 1. The first kappa shape index (κ1) is 15.9. The number of fused-ring (bicyclic) bond motifs is 3. The van der Waals surface area contributed by atoms with Crippen molar-refractivity contribution in [2.24, 2.45) is 0 Å². The van der Waals surface area contributed by atoms with Gasteiger partial charge in [0.2, 0.25) is 0 Å². The van der Waals surface area contributed by atoms with E-state index < -0.39 is 5.97 Å². The van der Waals surface area contributed by atoms with Crippen LogP contribution in [0.15, 0.2) is 72.8 Å². The maximum atomic E-state index is 12.8. The normalized spacial score (nSPS) is 10.9. The molecule has 0 bridgehead atoms. The van der Waals surface area contributed by atoms with E-state index in [9.17, 15) is 9.59 Å². The van der Waals surface area contributed by atoms with Gasteiger partial charge in [0.25, 0.3) is 5.91 Å². The van der Waals surface area contributed by atoms with Gasteiger partial charge in [-0.15, -0.1) is 0 Å². The van der Waals surface area contributed by atoms with Crippen LogP contribution in [-0.4, -0.2) is 23.1 Å². The topological polar surface area (TPSA) is 74.3 Å². The standard InChI is InChI=1S/C21H16N2O3/c22-15-11-9-14(10-12-15)21(25)26-13-20(24)23-18-7-3-1-5-16(18)17-6-2-4-8-19(17)23/h1-12H,13,22H2. The van der Waals surface area contributed by atoms with Crippen LogP contribution in [0.4, 0.5) is 5.69 Å². The molecule has 1 heterocycles. The molecule has 4 aromatic rings. The summed E-state index contributed by atoms with van der Waals surface area (Å²) < 4.78 is 6.80. The summed E-state index contributed by atoms with van der Waals surface area (Å²) in [4.78, 5) is 24.9. The van der Waals surface area contributed by atoms with Gasteiger partial charge in [-0.3, -0.25) is 9.36 Å². The smallest absolute Gasteiger partial charge is 0.338 e. The Kier molecular flexibility index (Phi) is 3.89. The SMILES string of the molecule is Nc1ccc(C(=O)OCC(=O)n2c3ccccc3c3ccccc32)cc1. The Bertz CT molecular complexity index is 1070. The highest BCUT2D eigenvalue weighted by atomic mass is 16.5. The zero-order valence-corrected chi connectivity index (χ0v) is 13.9. The van der Waals surface area contributed by atoms with Crippen LogP contribution >= 0.6 is 0 Å². The Balaban J connectivity index is 1.64. The fourth-order valence-electron chi connectivity index (χ4n) is 3.09. The fraction of sp³-hybridized carbons (Fsp3) is 0.0476. The predicted octanol–water partition coefficient (Wildman–Crippen LogP) is 3.87. The first-order chi connectivity index (χ1) is 12.6. The van der Waals surface area contributed by atoms with E-state index >= 15 is 0 Å². The number of aromatic nitrogens is 1. The summed E-state index contributed by atoms with van der Waals surface area (Å²) in [5.41, 5.74) is 8.11. The van der Waals surface area contributed by atoms with Crippen molar-refractivity contribution in [1.29, 1.82) is 0 Å². The van der Waals surface area contributed by atoms with E-state index in [0.717, 1.165) is 21.8 Å². The molecule has 2 N–H and O–H groups in total. The molecule has 26 heavy (non-hydrogen) atoms. The van der Waals surface area contributed by atoms with Crippen molar-refractivity contribution < 1.29 is 14.3 Å². The molecule has 5 nitrogen and oxygen atoms in total. The van der Waals surface area contributed by atoms with E-state index in [0.29, 0.717) is 11.3 Å². The maximum absolute atomic E-state index is 12.8. The van der Waals surface area contributed by atoms with Crippen molar-refractivity contribution in [1.82, 2.24) is 4.57 Å². The average molecular weight is 344 g/mol. The van der Waals surface area contributed by atoms with Crippen molar-refractivity contribution in [3.63, 3.8) is 0 Å². The molecule has 0 fully saturated rings. The first-order valence-corrected chi connectivity index (χ1v) is 8.19. The number of rotatable bonds is 3. The molecule has 5 heteroatoms. The molecule has 0 radical (unpaired) electrons. The second-order valence-corrected chi connectivity index (χ2v) is 5.96. The second kappa shape index (κ2) is 6.37. The minimum absolute atomic E-state index is 0.300. The third-order valence-corrected chi connectivity index (χ3v) is 4.30. The monoisotopic (exact) mass is 344 g/mol. The summed E-state index contributed by atoms with van der Waals surface area (Å²) in [5, 5.41) is 1.97. The summed E-state index contributed by atoms with van der Waals surface area (Å²) in [5.74, 6) is -0.856. The van der Waals surface area contributed by atoms with E-state index in [1.807, 2.05) is 48.5 Å². The molecule has 128 valence electrons. The molecule has 0 amide bonds. The Morgan fingerprint density at radius 3 is 1.92 bits per heavy atom. The van der Waals surface area contributed by atoms with Gasteiger partial charge in [-0.25, -0.2) is 4.79 Å². The molecule has 0 unspecified atom stereocenters. The Labute approximate surface area is 149 Å². The van der Waals surface area contributed by atoms with Gasteiger partial charge in [0, 0.05) is 16.5 Å². The van der Waals surface area contributed by atoms with Crippen LogP contribution in [0.25, 0.3) is 21.8 Å². The van der Waals surface area contributed by atoms with Crippen molar-refractivity contribution in [3.05, 3.63) is 78.4 Å². The highest BCUT2D eigenvalue weighted by molar-refractivity contribution is 6.13. The van der Waals surface area contributed by atoms with Crippen LogP contribution < -0.4 is 5.73 Å². The number of benzene rings is 3. The van der Waals surface area contributed by atoms with Crippen LogP contribution in [0.3, 0.4) is 0 Å². The number of hydrogen-bond donors (Lipinski definition) is 1. The summed E-state index contributed by atoms with van der Waals surface area (Å²) in [6.07, 6.45) is 0. The second-order valence-electron chi connectivity index (χ2n) is 5.96. The van der Waals surface area contributed by atoms with E-state index in [2.05, 4.69) is 0 Å². The zero-order valence-electron chi connectivity index (χ0n) is 13.9. The van der Waals surface area contributed by atoms with Crippen LogP contribution in [-0.2, 0) is 4.74 Å². The lowest BCUT2D eigenvalue weighted by Gasteiger charge is -2.08. The highest BCUT2D eigenvalue weighted by Gasteiger charge is 2.17. The molecular formula is C21H16N2O3. The zero-order chi connectivity index (χ0) is 18.1. The number of carbonyl (C=O) groups is 2. The Hall–Kier alpha value is -3.60. The minimum Gasteiger partial charge on any atom is -0.452 e. The molecule has 0 aliphatic rings. The van der Waals surface area contributed by atoms with Crippen molar-refractivity contribution in [2.75, 3.05) is 12.3 Å². The van der Waals surface area contributed by atoms with Gasteiger partial charge >= 0.3 is 5.97 Å². The lowest BCUT2D eigenvalue weighted by molar-refractivity contribution is 0.0452. The van der Waals surface area contributed by atoms with Crippen molar-refractivity contribution in [3.8, 4) is 0 Å². The van der Waals surface area contributed by atoms with Gasteiger partial charge in [-0.05, 0) is 36.4 Å². The Morgan fingerprint density at radius 1 is 0.808 bits per heavy atom. The fourth-order valence-corrected chi connectivity index (χ4v) is 3.09. The van der Waals surface area contributed by atoms with Crippen LogP contribution in [0.1, 0.15) is 15.2 Å². The van der Waals surface area contributed by atoms with Crippen LogP contribution in [0, 0.1) is 0 Å². The number of nitrogens with two attached hydrogens (primary N) is 1. The maximum Gasteiger partial charge on any atom is 0.338 e. The molecule has 0 aliphatic carbocycles. The lowest BCUT2D eigenvalue weighted by Crippen LogP contribution is -2.20. The predicted molar refractivity (Wildman–Crippen MR) is 101 cm³/mol. The van der Waals surface area contributed by atoms with E-state index in [1.165, 1.54) is 0 Å². The number of hydrogen-bond acceptors (Lipinski definition) is 4. The molecule has 0 atom stereocenters. The van der Waals surface area contributed by atoms with Crippen LogP contribution in [0.5, 0.6) is 0 Å². The summed E-state index contributed by atoms with van der Waals surface area (Å²) in [6.45, 7) is -0.341. The summed E-state index contributed by atoms with van der Waals surface area (Å²) in [7, 11) is 0. The van der Waals surface area contributed by atoms with Gasteiger partial charge in [-0.1, -0.05) is 36.4 Å². The molecule has 0 spiro atoms. The van der Waals surface area contributed by atoms with Crippen LogP contribution in [0.2, 0.25) is 0 Å². The van der Waals surface area contributed by atoms with Gasteiger partial charge < -0.3 is 10.5 Å². The van der Waals surface area contributed by atoms with E-state index in [1.54, 1.807) is 28.8 Å². The molecule has 0 saturated carbocycles. The van der Waals surface area contributed by atoms with E-state index in [-0.39, 0.29) is 12.5 Å².